The zero-order valence-corrected chi connectivity index (χ0v) is 7.10. The fourth-order valence-electron chi connectivity index (χ4n) is 0.915. The second-order valence-electron chi connectivity index (χ2n) is 2.54. The van der Waals surface area contributed by atoms with E-state index in [0.29, 0.717) is 13.0 Å². The van der Waals surface area contributed by atoms with Gasteiger partial charge in [-0.3, -0.25) is 0 Å². The highest BCUT2D eigenvalue weighted by Gasteiger charge is 2.23. The van der Waals surface area contributed by atoms with Crippen molar-refractivity contribution in [3.63, 3.8) is 0 Å². The van der Waals surface area contributed by atoms with Crippen LogP contribution in [0.2, 0.25) is 0 Å². The fraction of sp³-hybridized carbons (Fsp3) is 0.667. The average Bonchev–Trinajstić information content (AvgIpc) is 2.43. The van der Waals surface area contributed by atoms with E-state index in [1.165, 1.54) is 0 Å². The van der Waals surface area contributed by atoms with Crippen molar-refractivity contribution in [3.8, 4) is 0 Å². The minimum Gasteiger partial charge on any atom is -0.358 e. The summed E-state index contributed by atoms with van der Waals surface area (Å²) in [5.41, 5.74) is 0. The fourth-order valence-corrected chi connectivity index (χ4v) is 0.915. The van der Waals surface area contributed by atoms with E-state index in [2.05, 4.69) is 10.3 Å². The molecule has 72 valence electrons. The largest absolute Gasteiger partial charge is 0.402 e. The molecule has 0 unspecified atom stereocenters. The first kappa shape index (κ1) is 9.56. The van der Waals surface area contributed by atoms with Gasteiger partial charge >= 0.3 is 11.8 Å². The lowest BCUT2D eigenvalue weighted by molar-refractivity contribution is -0.395. The highest BCUT2D eigenvalue weighted by molar-refractivity contribution is 5.13. The van der Waals surface area contributed by atoms with Gasteiger partial charge < -0.3 is 10.1 Å². The number of hydrogen-bond donors (Lipinski definition) is 0. The molecule has 7 heteroatoms. The summed E-state index contributed by atoms with van der Waals surface area (Å²) in [6.07, 6.45) is 1.57. The molecule has 0 radical (unpaired) electrons. The summed E-state index contributed by atoms with van der Waals surface area (Å²) >= 11 is 0. The zero-order chi connectivity index (χ0) is 9.84. The predicted octanol–water partition coefficient (Wildman–Crippen LogP) is 1.13. The normalized spacial score (nSPS) is 10.3. The molecule has 0 aliphatic rings. The molecule has 0 saturated carbocycles. The SMILES string of the molecule is CCCCn1nnc(F)c1[N+](=O)[O-]. The predicted molar refractivity (Wildman–Crippen MR) is 41.5 cm³/mol. The van der Waals surface area contributed by atoms with Gasteiger partial charge in [0.05, 0.1) is 0 Å². The van der Waals surface area contributed by atoms with Crippen molar-refractivity contribution in [2.24, 2.45) is 0 Å². The van der Waals surface area contributed by atoms with E-state index in [9.17, 15) is 14.5 Å². The summed E-state index contributed by atoms with van der Waals surface area (Å²) in [7, 11) is 0. The molecular formula is C6H9FN4O2. The Balaban J connectivity index is 2.87. The molecule has 0 aliphatic carbocycles. The first-order valence-corrected chi connectivity index (χ1v) is 3.90. The third-order valence-corrected chi connectivity index (χ3v) is 1.57. The molecule has 0 aromatic carbocycles. The Labute approximate surface area is 73.5 Å². The maximum Gasteiger partial charge on any atom is 0.402 e. The van der Waals surface area contributed by atoms with Crippen LogP contribution >= 0.6 is 0 Å². The second kappa shape index (κ2) is 3.92. The van der Waals surface area contributed by atoms with Crippen LogP contribution in [0.4, 0.5) is 10.2 Å². The Bertz CT molecular complexity index is 312. The second-order valence-corrected chi connectivity index (χ2v) is 2.54. The Kier molecular flexibility index (Phi) is 2.88. The zero-order valence-electron chi connectivity index (χ0n) is 7.10. The van der Waals surface area contributed by atoms with E-state index in [1.54, 1.807) is 0 Å². The topological polar surface area (TPSA) is 73.8 Å². The molecule has 0 spiro atoms. The molecule has 1 aromatic rings. The van der Waals surface area contributed by atoms with Crippen molar-refractivity contribution >= 4 is 5.82 Å². The van der Waals surface area contributed by atoms with Crippen molar-refractivity contribution < 1.29 is 9.31 Å². The summed E-state index contributed by atoms with van der Waals surface area (Å²) in [5.74, 6) is -1.78. The molecule has 1 rings (SSSR count). The molecule has 1 aromatic heterocycles. The third kappa shape index (κ3) is 1.98. The van der Waals surface area contributed by atoms with Crippen LogP contribution in [0.1, 0.15) is 19.8 Å². The number of rotatable bonds is 4. The number of nitro groups is 1. The number of aryl methyl sites for hydroxylation is 1. The number of unbranched alkanes of at least 4 members (excludes halogenated alkanes) is 1. The first-order chi connectivity index (χ1) is 6.16. The minimum absolute atomic E-state index is 0.323. The van der Waals surface area contributed by atoms with Crippen molar-refractivity contribution in [2.45, 2.75) is 26.3 Å². The van der Waals surface area contributed by atoms with E-state index < -0.39 is 16.7 Å². The number of halogens is 1. The molecular weight excluding hydrogens is 179 g/mol. The number of hydrogen-bond acceptors (Lipinski definition) is 4. The van der Waals surface area contributed by atoms with Gasteiger partial charge in [-0.25, -0.2) is 0 Å². The van der Waals surface area contributed by atoms with Gasteiger partial charge in [0.2, 0.25) is 0 Å². The Morgan fingerprint density at radius 3 is 2.92 bits per heavy atom. The molecule has 13 heavy (non-hydrogen) atoms. The first-order valence-electron chi connectivity index (χ1n) is 3.90. The van der Waals surface area contributed by atoms with Crippen LogP contribution < -0.4 is 0 Å². The van der Waals surface area contributed by atoms with Crippen LogP contribution in [0.15, 0.2) is 0 Å². The van der Waals surface area contributed by atoms with Crippen molar-refractivity contribution in [1.82, 2.24) is 15.0 Å². The summed E-state index contributed by atoms with van der Waals surface area (Å²) in [6.45, 7) is 2.25. The Morgan fingerprint density at radius 2 is 2.38 bits per heavy atom. The molecule has 0 atom stereocenters. The Morgan fingerprint density at radius 1 is 1.69 bits per heavy atom. The summed E-state index contributed by atoms with van der Waals surface area (Å²) < 4.78 is 13.6. The highest BCUT2D eigenvalue weighted by Crippen LogP contribution is 2.13. The lowest BCUT2D eigenvalue weighted by Crippen LogP contribution is -2.05. The minimum atomic E-state index is -1.12. The number of aromatic nitrogens is 3. The van der Waals surface area contributed by atoms with Crippen molar-refractivity contribution in [2.75, 3.05) is 0 Å². The van der Waals surface area contributed by atoms with Gasteiger partial charge in [-0.1, -0.05) is 18.4 Å². The quantitative estimate of drug-likeness (QED) is 0.524. The summed E-state index contributed by atoms with van der Waals surface area (Å²) in [5, 5.41) is 16.7. The van der Waals surface area contributed by atoms with E-state index >= 15 is 0 Å². The molecule has 0 saturated heterocycles. The summed E-state index contributed by atoms with van der Waals surface area (Å²) in [4.78, 5) is 9.52. The number of nitrogens with zero attached hydrogens (tertiary/aromatic N) is 4. The molecule has 0 amide bonds. The van der Waals surface area contributed by atoms with Gasteiger partial charge in [-0.05, 0) is 11.3 Å². The van der Waals surface area contributed by atoms with Crippen LogP contribution in [0.25, 0.3) is 0 Å². The smallest absolute Gasteiger partial charge is 0.358 e. The van der Waals surface area contributed by atoms with Crippen LogP contribution in [0.3, 0.4) is 0 Å². The summed E-state index contributed by atoms with van der Waals surface area (Å²) in [6, 6.07) is 0. The lowest BCUT2D eigenvalue weighted by atomic mass is 10.3. The van der Waals surface area contributed by atoms with Crippen molar-refractivity contribution in [3.05, 3.63) is 16.1 Å². The molecule has 0 N–H and O–H groups in total. The van der Waals surface area contributed by atoms with Gasteiger partial charge in [0.1, 0.15) is 6.54 Å². The Hall–Kier alpha value is -1.53. The van der Waals surface area contributed by atoms with Crippen LogP contribution in [0.5, 0.6) is 0 Å². The van der Waals surface area contributed by atoms with E-state index in [4.69, 9.17) is 0 Å². The highest BCUT2D eigenvalue weighted by atomic mass is 19.1. The van der Waals surface area contributed by atoms with Crippen LogP contribution in [-0.4, -0.2) is 19.9 Å². The van der Waals surface area contributed by atoms with Gasteiger partial charge in [-0.2, -0.15) is 4.39 Å². The molecule has 0 aliphatic heterocycles. The monoisotopic (exact) mass is 188 g/mol. The molecule has 0 bridgehead atoms. The van der Waals surface area contributed by atoms with Gasteiger partial charge in [0.25, 0.3) is 0 Å². The van der Waals surface area contributed by atoms with Crippen LogP contribution in [0, 0.1) is 16.1 Å². The third-order valence-electron chi connectivity index (χ3n) is 1.57. The average molecular weight is 188 g/mol. The molecule has 0 fully saturated rings. The van der Waals surface area contributed by atoms with Crippen LogP contribution in [-0.2, 0) is 6.54 Å². The van der Waals surface area contributed by atoms with E-state index in [0.717, 1.165) is 11.1 Å². The van der Waals surface area contributed by atoms with Gasteiger partial charge in [0, 0.05) is 5.21 Å². The van der Waals surface area contributed by atoms with E-state index in [-0.39, 0.29) is 0 Å². The molecule has 1 heterocycles. The van der Waals surface area contributed by atoms with Crippen molar-refractivity contribution in [1.29, 1.82) is 0 Å². The maximum absolute atomic E-state index is 12.7. The standard InChI is InChI=1S/C6H9FN4O2/c1-2-3-4-10-6(11(12)13)5(7)8-9-10/h2-4H2,1H3. The van der Waals surface area contributed by atoms with E-state index in [1.807, 2.05) is 6.92 Å². The lowest BCUT2D eigenvalue weighted by Gasteiger charge is -1.95. The van der Waals surface area contributed by atoms with Gasteiger partial charge in [-0.15, -0.1) is 4.68 Å². The van der Waals surface area contributed by atoms with Gasteiger partial charge in [0.15, 0.2) is 0 Å². The maximum atomic E-state index is 12.7. The molecule has 6 nitrogen and oxygen atoms in total.